The minimum Gasteiger partial charge on any atom is -0.352 e. The van der Waals surface area contributed by atoms with Crippen molar-refractivity contribution in [1.82, 2.24) is 10.3 Å². The highest BCUT2D eigenvalue weighted by Gasteiger charge is 2.18. The topological polar surface area (TPSA) is 97.1 Å². The number of primary amides is 1. The zero-order valence-electron chi connectivity index (χ0n) is 13.3. The average Bonchev–Trinajstić information content (AvgIpc) is 2.75. The number of aryl methyl sites for hydroxylation is 3. The molecule has 0 bridgehead atoms. The summed E-state index contributed by atoms with van der Waals surface area (Å²) in [4.78, 5) is 28.8. The van der Waals surface area contributed by atoms with E-state index in [1.54, 1.807) is 0 Å². The molecule has 0 fully saturated rings. The SMILES string of the molecule is Cc1cccc(C(CC(=O)Nc2nc(C)c(C)s2)NC(N)=O)c1. The van der Waals surface area contributed by atoms with Crippen LogP contribution in [0.15, 0.2) is 24.3 Å². The zero-order valence-corrected chi connectivity index (χ0v) is 14.2. The van der Waals surface area contributed by atoms with Crippen LogP contribution in [0.2, 0.25) is 0 Å². The van der Waals surface area contributed by atoms with Gasteiger partial charge in [0.05, 0.1) is 18.2 Å². The van der Waals surface area contributed by atoms with Gasteiger partial charge in [0.2, 0.25) is 5.91 Å². The number of aromatic nitrogens is 1. The van der Waals surface area contributed by atoms with Crippen molar-refractivity contribution < 1.29 is 9.59 Å². The summed E-state index contributed by atoms with van der Waals surface area (Å²) in [5.74, 6) is -0.223. The van der Waals surface area contributed by atoms with Gasteiger partial charge in [0, 0.05) is 4.88 Å². The molecule has 0 spiro atoms. The number of nitrogens with zero attached hydrogens (tertiary/aromatic N) is 1. The Labute approximate surface area is 139 Å². The first-order chi connectivity index (χ1) is 10.8. The van der Waals surface area contributed by atoms with Crippen molar-refractivity contribution in [1.29, 1.82) is 0 Å². The number of hydrogen-bond acceptors (Lipinski definition) is 4. The van der Waals surface area contributed by atoms with Gasteiger partial charge < -0.3 is 16.4 Å². The van der Waals surface area contributed by atoms with Crippen LogP contribution in [0.25, 0.3) is 0 Å². The summed E-state index contributed by atoms with van der Waals surface area (Å²) in [7, 11) is 0. The molecule has 1 heterocycles. The van der Waals surface area contributed by atoms with E-state index in [4.69, 9.17) is 5.73 Å². The van der Waals surface area contributed by atoms with Crippen LogP contribution in [0.3, 0.4) is 0 Å². The predicted molar refractivity (Wildman–Crippen MR) is 91.5 cm³/mol. The molecule has 0 saturated carbocycles. The van der Waals surface area contributed by atoms with E-state index >= 15 is 0 Å². The highest BCUT2D eigenvalue weighted by molar-refractivity contribution is 7.15. The minimum absolute atomic E-state index is 0.0874. The zero-order chi connectivity index (χ0) is 17.0. The number of nitrogens with two attached hydrogens (primary N) is 1. The Morgan fingerprint density at radius 2 is 2.04 bits per heavy atom. The third-order valence-electron chi connectivity index (χ3n) is 3.43. The molecule has 1 atom stereocenters. The van der Waals surface area contributed by atoms with Crippen LogP contribution in [0.5, 0.6) is 0 Å². The Kier molecular flexibility index (Phi) is 5.33. The van der Waals surface area contributed by atoms with Crippen molar-refractivity contribution in [3.8, 4) is 0 Å². The van der Waals surface area contributed by atoms with E-state index in [-0.39, 0.29) is 12.3 Å². The fourth-order valence-electron chi connectivity index (χ4n) is 2.19. The smallest absolute Gasteiger partial charge is 0.312 e. The first kappa shape index (κ1) is 17.0. The standard InChI is InChI=1S/C16H20N4O2S/c1-9-5-4-6-12(7-9)13(19-15(17)22)8-14(21)20-16-18-10(2)11(3)23-16/h4-7,13H,8H2,1-3H3,(H3,17,19,22)(H,18,20,21). The van der Waals surface area contributed by atoms with Gasteiger partial charge in [-0.15, -0.1) is 11.3 Å². The summed E-state index contributed by atoms with van der Waals surface area (Å²) in [6.45, 7) is 5.80. The molecule has 0 aliphatic rings. The quantitative estimate of drug-likeness (QED) is 0.785. The molecular formula is C16H20N4O2S. The molecule has 2 rings (SSSR count). The van der Waals surface area contributed by atoms with Gasteiger partial charge >= 0.3 is 6.03 Å². The summed E-state index contributed by atoms with van der Waals surface area (Å²) in [5, 5.41) is 5.95. The lowest BCUT2D eigenvalue weighted by Gasteiger charge is -2.17. The first-order valence-corrected chi connectivity index (χ1v) is 8.03. The molecule has 122 valence electrons. The van der Waals surface area contributed by atoms with Crippen molar-refractivity contribution in [2.24, 2.45) is 5.73 Å². The third-order valence-corrected chi connectivity index (χ3v) is 4.41. The van der Waals surface area contributed by atoms with Crippen molar-refractivity contribution >= 4 is 28.4 Å². The molecule has 7 heteroatoms. The number of amides is 3. The van der Waals surface area contributed by atoms with Crippen LogP contribution in [0.4, 0.5) is 9.93 Å². The molecule has 4 N–H and O–H groups in total. The van der Waals surface area contributed by atoms with Gasteiger partial charge in [0.1, 0.15) is 0 Å². The van der Waals surface area contributed by atoms with E-state index in [1.807, 2.05) is 45.0 Å². The van der Waals surface area contributed by atoms with Crippen molar-refractivity contribution in [3.63, 3.8) is 0 Å². The molecule has 3 amide bonds. The summed E-state index contributed by atoms with van der Waals surface area (Å²) in [6, 6.07) is 6.47. The maximum Gasteiger partial charge on any atom is 0.312 e. The van der Waals surface area contributed by atoms with Gasteiger partial charge in [0.25, 0.3) is 0 Å². The maximum atomic E-state index is 12.2. The fraction of sp³-hybridized carbons (Fsp3) is 0.312. The highest BCUT2D eigenvalue weighted by atomic mass is 32.1. The number of carbonyl (C=O) groups excluding carboxylic acids is 2. The molecule has 0 aliphatic heterocycles. The monoisotopic (exact) mass is 332 g/mol. The molecule has 1 unspecified atom stereocenters. The summed E-state index contributed by atoms with van der Waals surface area (Å²) < 4.78 is 0. The molecule has 0 radical (unpaired) electrons. The van der Waals surface area contributed by atoms with Gasteiger partial charge in [-0.1, -0.05) is 29.8 Å². The molecule has 6 nitrogen and oxygen atoms in total. The minimum atomic E-state index is -0.662. The van der Waals surface area contributed by atoms with Crippen LogP contribution < -0.4 is 16.4 Å². The van der Waals surface area contributed by atoms with Gasteiger partial charge in [-0.05, 0) is 26.3 Å². The Hall–Kier alpha value is -2.41. The summed E-state index contributed by atoms with van der Waals surface area (Å²) >= 11 is 1.43. The van der Waals surface area contributed by atoms with Crippen LogP contribution >= 0.6 is 11.3 Å². The van der Waals surface area contributed by atoms with E-state index < -0.39 is 12.1 Å². The Morgan fingerprint density at radius 1 is 1.30 bits per heavy atom. The largest absolute Gasteiger partial charge is 0.352 e. The van der Waals surface area contributed by atoms with E-state index in [9.17, 15) is 9.59 Å². The van der Waals surface area contributed by atoms with Crippen LogP contribution in [0, 0.1) is 20.8 Å². The van der Waals surface area contributed by atoms with E-state index in [0.29, 0.717) is 5.13 Å². The Morgan fingerprint density at radius 3 is 2.61 bits per heavy atom. The Bertz CT molecular complexity index is 707. The highest BCUT2D eigenvalue weighted by Crippen LogP contribution is 2.23. The number of carbonyl (C=O) groups is 2. The van der Waals surface area contributed by atoms with E-state index in [0.717, 1.165) is 21.7 Å². The number of anilines is 1. The van der Waals surface area contributed by atoms with Gasteiger partial charge in [0.15, 0.2) is 5.13 Å². The van der Waals surface area contributed by atoms with Crippen LogP contribution in [0.1, 0.15) is 34.2 Å². The van der Waals surface area contributed by atoms with Crippen LogP contribution in [-0.4, -0.2) is 16.9 Å². The molecule has 0 aliphatic carbocycles. The van der Waals surface area contributed by atoms with Gasteiger partial charge in [-0.2, -0.15) is 0 Å². The number of thiazole rings is 1. The molecule has 0 saturated heterocycles. The summed E-state index contributed by atoms with van der Waals surface area (Å²) in [6.07, 6.45) is 0.0874. The van der Waals surface area contributed by atoms with Crippen molar-refractivity contribution in [2.75, 3.05) is 5.32 Å². The second-order valence-electron chi connectivity index (χ2n) is 5.39. The number of urea groups is 1. The molecule has 23 heavy (non-hydrogen) atoms. The summed E-state index contributed by atoms with van der Waals surface area (Å²) in [5.41, 5.74) is 8.01. The molecule has 1 aromatic heterocycles. The lowest BCUT2D eigenvalue weighted by molar-refractivity contribution is -0.116. The average molecular weight is 332 g/mol. The van der Waals surface area contributed by atoms with Crippen LogP contribution in [-0.2, 0) is 4.79 Å². The number of rotatable bonds is 5. The lowest BCUT2D eigenvalue weighted by Crippen LogP contribution is -2.35. The molecule has 1 aromatic carbocycles. The van der Waals surface area contributed by atoms with Crippen molar-refractivity contribution in [2.45, 2.75) is 33.2 Å². The Balaban J connectivity index is 2.10. The third kappa shape index (κ3) is 4.79. The number of nitrogens with one attached hydrogen (secondary N) is 2. The number of hydrogen-bond donors (Lipinski definition) is 3. The van der Waals surface area contributed by atoms with Crippen molar-refractivity contribution in [3.05, 3.63) is 46.0 Å². The normalized spacial score (nSPS) is 11.8. The maximum absolute atomic E-state index is 12.2. The number of benzene rings is 1. The molecule has 2 aromatic rings. The van der Waals surface area contributed by atoms with E-state index in [2.05, 4.69) is 15.6 Å². The van der Waals surface area contributed by atoms with E-state index in [1.165, 1.54) is 11.3 Å². The van der Waals surface area contributed by atoms with Gasteiger partial charge in [-0.3, -0.25) is 4.79 Å². The lowest BCUT2D eigenvalue weighted by atomic mass is 10.0. The van der Waals surface area contributed by atoms with Gasteiger partial charge in [-0.25, -0.2) is 9.78 Å². The first-order valence-electron chi connectivity index (χ1n) is 7.21. The molecular weight excluding hydrogens is 312 g/mol. The second-order valence-corrected chi connectivity index (χ2v) is 6.59. The predicted octanol–water partition coefficient (Wildman–Crippen LogP) is 2.81. The fourth-order valence-corrected chi connectivity index (χ4v) is 3.02. The second kappa shape index (κ2) is 7.23.